The largest absolute Gasteiger partial charge is 0.473 e. The Morgan fingerprint density at radius 3 is 2.67 bits per heavy atom. The van der Waals surface area contributed by atoms with E-state index in [9.17, 15) is 4.79 Å². The number of hydrogen-bond acceptors (Lipinski definition) is 9. The zero-order chi connectivity index (χ0) is 21.5. The maximum atomic E-state index is 11.1. The van der Waals surface area contributed by atoms with Gasteiger partial charge in [0.05, 0.1) is 11.9 Å². The van der Waals surface area contributed by atoms with Crippen molar-refractivity contribution in [2.24, 2.45) is 4.99 Å². The third kappa shape index (κ3) is 6.68. The first kappa shape index (κ1) is 22.5. The van der Waals surface area contributed by atoms with Crippen LogP contribution in [-0.2, 0) is 4.79 Å². The number of aromatic nitrogens is 2. The fourth-order valence-corrected chi connectivity index (χ4v) is 4.38. The van der Waals surface area contributed by atoms with E-state index in [0.29, 0.717) is 23.7 Å². The van der Waals surface area contributed by atoms with Gasteiger partial charge >= 0.3 is 0 Å². The molecule has 1 aromatic heterocycles. The summed E-state index contributed by atoms with van der Waals surface area (Å²) in [4.78, 5) is 29.0. The van der Waals surface area contributed by atoms with Gasteiger partial charge in [0, 0.05) is 56.7 Å². The van der Waals surface area contributed by atoms with Crippen LogP contribution in [-0.4, -0.2) is 89.7 Å². The van der Waals surface area contributed by atoms with Gasteiger partial charge in [-0.2, -0.15) is 0 Å². The molecule has 2 saturated heterocycles. The molecule has 3 rings (SSSR count). The summed E-state index contributed by atoms with van der Waals surface area (Å²) in [7, 11) is 2.06. The summed E-state index contributed by atoms with van der Waals surface area (Å²) in [5, 5.41) is 2.79. The molecule has 3 heterocycles. The summed E-state index contributed by atoms with van der Waals surface area (Å²) in [5.74, 6) is 1.56. The van der Waals surface area contributed by atoms with Crippen molar-refractivity contribution < 1.29 is 14.3 Å². The van der Waals surface area contributed by atoms with Gasteiger partial charge in [0.2, 0.25) is 17.7 Å². The highest BCUT2D eigenvalue weighted by molar-refractivity contribution is 8.03. The number of aliphatic imine (C=N–C) groups is 1. The minimum Gasteiger partial charge on any atom is -0.473 e. The molecular weight excluding hydrogens is 404 g/mol. The number of nitrogens with one attached hydrogen (secondary N) is 1. The third-order valence-corrected chi connectivity index (χ3v) is 5.95. The Bertz CT molecular complexity index is 771. The second-order valence-corrected chi connectivity index (χ2v) is 8.81. The molecule has 0 radical (unpaired) electrons. The number of rotatable bonds is 10. The van der Waals surface area contributed by atoms with Crippen LogP contribution in [0.15, 0.2) is 28.5 Å². The lowest BCUT2D eigenvalue weighted by atomic mass is 10.2. The first-order valence-electron chi connectivity index (χ1n) is 10.0. The Kier molecular flexibility index (Phi) is 8.06. The molecule has 9 nitrogen and oxygen atoms in total. The number of likely N-dealkylation sites (N-methyl/N-ethyl adjacent to an activating group) is 1. The predicted molar refractivity (Wildman–Crippen MR) is 118 cm³/mol. The van der Waals surface area contributed by atoms with Crippen molar-refractivity contribution in [3.63, 3.8) is 0 Å². The number of thioether (sulfide) groups is 1. The van der Waals surface area contributed by atoms with Gasteiger partial charge in [-0.25, -0.2) is 9.97 Å². The van der Waals surface area contributed by atoms with Gasteiger partial charge in [0.1, 0.15) is 18.5 Å². The average molecular weight is 435 g/mol. The van der Waals surface area contributed by atoms with E-state index in [0.717, 1.165) is 37.5 Å². The van der Waals surface area contributed by atoms with Crippen molar-refractivity contribution in [2.45, 2.75) is 38.5 Å². The number of nitrogens with zero attached hydrogens (tertiary/aromatic N) is 5. The van der Waals surface area contributed by atoms with Crippen LogP contribution in [0.2, 0.25) is 0 Å². The summed E-state index contributed by atoms with van der Waals surface area (Å²) >= 11 is 1.56. The summed E-state index contributed by atoms with van der Waals surface area (Å²) in [6.07, 6.45) is 4.35. The van der Waals surface area contributed by atoms with Crippen LogP contribution in [0.4, 0.5) is 0 Å². The van der Waals surface area contributed by atoms with Gasteiger partial charge in [-0.1, -0.05) is 0 Å². The minimum atomic E-state index is -0.0473. The predicted octanol–water partition coefficient (Wildman–Crippen LogP) is 1.38. The molecule has 2 aliphatic heterocycles. The van der Waals surface area contributed by atoms with E-state index in [1.165, 1.54) is 13.3 Å². The lowest BCUT2D eigenvalue weighted by Crippen LogP contribution is -2.51. The fourth-order valence-electron chi connectivity index (χ4n) is 3.52. The average Bonchev–Trinajstić information content (AvgIpc) is 2.99. The first-order valence-corrected chi connectivity index (χ1v) is 11.0. The maximum Gasteiger partial charge on any atom is 0.220 e. The third-order valence-electron chi connectivity index (χ3n) is 5.06. The lowest BCUT2D eigenvalue weighted by Gasteiger charge is -2.35. The molecule has 1 amide bonds. The van der Waals surface area contributed by atoms with Crippen LogP contribution in [0.3, 0.4) is 0 Å². The number of amides is 1. The van der Waals surface area contributed by atoms with E-state index in [-0.39, 0.29) is 18.1 Å². The summed E-state index contributed by atoms with van der Waals surface area (Å²) in [6.45, 7) is 10.6. The lowest BCUT2D eigenvalue weighted by molar-refractivity contribution is -0.118. The van der Waals surface area contributed by atoms with Crippen molar-refractivity contribution in [2.75, 3.05) is 39.1 Å². The highest BCUT2D eigenvalue weighted by atomic mass is 32.2. The first-order chi connectivity index (χ1) is 14.4. The highest BCUT2D eigenvalue weighted by Crippen LogP contribution is 2.26. The number of carbonyl (C=O) groups excluding carboxylic acids is 1. The quantitative estimate of drug-likeness (QED) is 0.436. The Balaban J connectivity index is 1.51. The standard InChI is InChI=1S/C20H30N6O3S/c1-14-5-16(10-26(14)11-18(7-21-3)30-13-24-15(2)27)28-19-6-20(23-12-22-19)29-17-8-25(4)9-17/h6-7,12,14,16-17H,3,5,8-11,13H2,1-2,4H3,(H,24,27)/b18-7-. The maximum absolute atomic E-state index is 11.1. The number of ether oxygens (including phenoxy) is 2. The van der Waals surface area contributed by atoms with Gasteiger partial charge in [-0.05, 0) is 20.7 Å². The molecule has 0 aromatic carbocycles. The molecule has 0 saturated carbocycles. The fraction of sp³-hybridized carbons (Fsp3) is 0.600. The molecule has 0 aliphatic carbocycles. The van der Waals surface area contributed by atoms with E-state index < -0.39 is 0 Å². The van der Waals surface area contributed by atoms with Crippen LogP contribution in [0.5, 0.6) is 11.8 Å². The molecular formula is C20H30N6O3S. The minimum absolute atomic E-state index is 0.0378. The summed E-state index contributed by atoms with van der Waals surface area (Å²) < 4.78 is 12.0. The molecule has 1 N–H and O–H groups in total. The van der Waals surface area contributed by atoms with Gasteiger partial charge in [-0.15, -0.1) is 11.8 Å². The zero-order valence-corrected chi connectivity index (χ0v) is 18.6. The second-order valence-electron chi connectivity index (χ2n) is 7.71. The van der Waals surface area contributed by atoms with E-state index in [4.69, 9.17) is 9.47 Å². The Hall–Kier alpha value is -2.17. The van der Waals surface area contributed by atoms with Gasteiger partial charge in [-0.3, -0.25) is 19.6 Å². The monoisotopic (exact) mass is 434 g/mol. The highest BCUT2D eigenvalue weighted by Gasteiger charge is 2.31. The normalized spacial score (nSPS) is 23.1. The summed E-state index contributed by atoms with van der Waals surface area (Å²) in [6, 6.07) is 2.12. The van der Waals surface area contributed by atoms with Crippen molar-refractivity contribution in [3.8, 4) is 11.8 Å². The van der Waals surface area contributed by atoms with E-state index in [1.54, 1.807) is 24.0 Å². The topological polar surface area (TPSA) is 92.2 Å². The summed E-state index contributed by atoms with van der Waals surface area (Å²) in [5.41, 5.74) is 0. The number of carbonyl (C=O) groups is 1. The molecule has 10 heteroatoms. The molecule has 0 bridgehead atoms. The molecule has 0 spiro atoms. The SMILES string of the molecule is C=N/C=C(/CN1CC(Oc2cc(OC3CN(C)C3)ncn2)CC1C)SCNC(C)=O. The number of likely N-dealkylation sites (tertiary alicyclic amines) is 2. The van der Waals surface area contributed by atoms with E-state index >= 15 is 0 Å². The van der Waals surface area contributed by atoms with Crippen molar-refractivity contribution in [3.05, 3.63) is 23.5 Å². The second kappa shape index (κ2) is 10.7. The van der Waals surface area contributed by atoms with Crippen LogP contribution >= 0.6 is 11.8 Å². The molecule has 2 unspecified atom stereocenters. The Morgan fingerprint density at radius 1 is 1.33 bits per heavy atom. The Morgan fingerprint density at radius 2 is 2.03 bits per heavy atom. The van der Waals surface area contributed by atoms with Crippen LogP contribution in [0, 0.1) is 0 Å². The molecule has 30 heavy (non-hydrogen) atoms. The van der Waals surface area contributed by atoms with Crippen molar-refractivity contribution in [1.82, 2.24) is 25.1 Å². The van der Waals surface area contributed by atoms with Crippen molar-refractivity contribution in [1.29, 1.82) is 0 Å². The molecule has 2 fully saturated rings. The molecule has 164 valence electrons. The molecule has 2 aliphatic rings. The molecule has 1 aromatic rings. The van der Waals surface area contributed by atoms with Gasteiger partial charge < -0.3 is 14.8 Å². The zero-order valence-electron chi connectivity index (χ0n) is 17.8. The van der Waals surface area contributed by atoms with Gasteiger partial charge in [0.25, 0.3) is 0 Å². The molecule has 2 atom stereocenters. The van der Waals surface area contributed by atoms with Gasteiger partial charge in [0.15, 0.2) is 0 Å². The van der Waals surface area contributed by atoms with E-state index in [2.05, 4.69) is 50.8 Å². The van der Waals surface area contributed by atoms with Crippen molar-refractivity contribution >= 4 is 24.4 Å². The smallest absolute Gasteiger partial charge is 0.220 e. The van der Waals surface area contributed by atoms with E-state index in [1.807, 2.05) is 0 Å². The van der Waals surface area contributed by atoms with Crippen LogP contribution in [0.1, 0.15) is 20.3 Å². The van der Waals surface area contributed by atoms with Crippen LogP contribution in [0.25, 0.3) is 0 Å². The van der Waals surface area contributed by atoms with Crippen LogP contribution < -0.4 is 14.8 Å². The Labute approximate surface area is 181 Å². The number of hydrogen-bond donors (Lipinski definition) is 1.